The van der Waals surface area contributed by atoms with E-state index in [1.54, 1.807) is 0 Å². The topological polar surface area (TPSA) is 51.0 Å². The van der Waals surface area contributed by atoms with Gasteiger partial charge >= 0.3 is 6.03 Å². The number of hydrogen-bond acceptors (Lipinski definition) is 4. The Kier molecular flexibility index (Phi) is 4.66. The third kappa shape index (κ3) is 3.16. The first-order chi connectivity index (χ1) is 7.58. The van der Waals surface area contributed by atoms with Crippen LogP contribution in [0.4, 0.5) is 13.6 Å². The van der Waals surface area contributed by atoms with Gasteiger partial charge in [-0.1, -0.05) is 0 Å². The maximum atomic E-state index is 12.0. The van der Waals surface area contributed by atoms with Gasteiger partial charge in [0.05, 0.1) is 0 Å². The fourth-order valence-corrected chi connectivity index (χ4v) is 1.52. The van der Waals surface area contributed by atoms with E-state index in [4.69, 9.17) is 0 Å². The van der Waals surface area contributed by atoms with Crippen molar-refractivity contribution < 1.29 is 13.6 Å². The van der Waals surface area contributed by atoms with E-state index in [9.17, 15) is 13.6 Å². The molecule has 0 saturated heterocycles. The largest absolute Gasteiger partial charge is 0.346 e. The lowest BCUT2D eigenvalue weighted by atomic mass is 10.5. The zero-order chi connectivity index (χ0) is 12.1. The van der Waals surface area contributed by atoms with Crippen LogP contribution in [0.1, 0.15) is 13.8 Å². The molecule has 1 aromatic rings. The van der Waals surface area contributed by atoms with Crippen LogP contribution in [0, 0.1) is 0 Å². The lowest BCUT2D eigenvalue weighted by molar-refractivity contribution is 0.201. The van der Waals surface area contributed by atoms with Crippen molar-refractivity contribution in [1.29, 1.82) is 0 Å². The summed E-state index contributed by atoms with van der Waals surface area (Å²) < 4.78 is 25.0. The molecule has 1 amide bonds. The van der Waals surface area contributed by atoms with Crippen LogP contribution in [0.5, 0.6) is 0 Å². The van der Waals surface area contributed by atoms with Crippen molar-refractivity contribution in [2.45, 2.75) is 24.8 Å². The van der Waals surface area contributed by atoms with Crippen molar-refractivity contribution in [3.8, 4) is 0 Å². The van der Waals surface area contributed by atoms with Gasteiger partial charge in [-0.25, -0.2) is 9.78 Å². The monoisotopic (exact) mass is 250 g/mol. The number of alkyl halides is 2. The van der Waals surface area contributed by atoms with Crippen LogP contribution < -0.4 is 0 Å². The molecule has 0 fully saturated rings. The molecule has 0 spiro atoms. The first-order valence-electron chi connectivity index (χ1n) is 4.74. The molecule has 0 unspecified atom stereocenters. The first kappa shape index (κ1) is 12.9. The lowest BCUT2D eigenvalue weighted by Gasteiger charge is -2.17. The highest BCUT2D eigenvalue weighted by Crippen LogP contribution is 2.20. The summed E-state index contributed by atoms with van der Waals surface area (Å²) in [5.74, 6) is -2.58. The molecule has 0 aliphatic rings. The van der Waals surface area contributed by atoms with E-state index in [0.717, 1.165) is 11.0 Å². The Hall–Kier alpha value is -1.18. The Morgan fingerprint density at radius 2 is 2.19 bits per heavy atom. The van der Waals surface area contributed by atoms with E-state index in [0.29, 0.717) is 13.1 Å². The van der Waals surface area contributed by atoms with Gasteiger partial charge in [-0.15, -0.1) is 5.10 Å². The van der Waals surface area contributed by atoms with E-state index in [1.807, 2.05) is 13.8 Å². The minimum Gasteiger partial charge on any atom is -0.323 e. The van der Waals surface area contributed by atoms with E-state index < -0.39 is 5.76 Å². The van der Waals surface area contributed by atoms with Gasteiger partial charge in [0, 0.05) is 13.1 Å². The summed E-state index contributed by atoms with van der Waals surface area (Å²) in [6, 6.07) is -0.362. The van der Waals surface area contributed by atoms with Crippen molar-refractivity contribution in [3.63, 3.8) is 0 Å². The van der Waals surface area contributed by atoms with Crippen LogP contribution in [0.2, 0.25) is 0 Å². The van der Waals surface area contributed by atoms with Gasteiger partial charge in [-0.05, 0) is 25.6 Å². The third-order valence-corrected chi connectivity index (χ3v) is 2.47. The molecule has 0 bridgehead atoms. The Morgan fingerprint density at radius 3 is 2.69 bits per heavy atom. The van der Waals surface area contributed by atoms with Gasteiger partial charge in [-0.2, -0.15) is 13.5 Å². The van der Waals surface area contributed by atoms with Crippen LogP contribution in [0.15, 0.2) is 11.5 Å². The molecule has 1 heterocycles. The zero-order valence-corrected chi connectivity index (χ0v) is 9.75. The van der Waals surface area contributed by atoms with Gasteiger partial charge < -0.3 is 4.90 Å². The van der Waals surface area contributed by atoms with Crippen LogP contribution in [0.25, 0.3) is 0 Å². The molecule has 5 nitrogen and oxygen atoms in total. The normalized spacial score (nSPS) is 10.8. The summed E-state index contributed by atoms with van der Waals surface area (Å²) >= 11 is 0.216. The maximum Gasteiger partial charge on any atom is 0.346 e. The number of amides is 1. The van der Waals surface area contributed by atoms with Crippen molar-refractivity contribution in [2.24, 2.45) is 0 Å². The summed E-state index contributed by atoms with van der Waals surface area (Å²) in [6.07, 6.45) is 1.14. The van der Waals surface area contributed by atoms with Crippen molar-refractivity contribution in [1.82, 2.24) is 19.7 Å². The molecular formula is C8H12F2N4OS. The standard InChI is InChI=1S/C8H12F2N4OS/c1-3-13(4-2)8(15)14-5-11-7(12-14)16-6(9)10/h5-6H,3-4H2,1-2H3. The van der Waals surface area contributed by atoms with Crippen LogP contribution >= 0.6 is 11.8 Å². The molecule has 0 aromatic carbocycles. The number of rotatable bonds is 4. The van der Waals surface area contributed by atoms with Crippen molar-refractivity contribution >= 4 is 17.8 Å². The highest BCUT2D eigenvalue weighted by atomic mass is 32.2. The summed E-state index contributed by atoms with van der Waals surface area (Å²) in [5.41, 5.74) is 0. The van der Waals surface area contributed by atoms with Crippen LogP contribution in [-0.4, -0.2) is 44.5 Å². The molecule has 0 aliphatic heterocycles. The molecule has 0 aliphatic carbocycles. The fourth-order valence-electron chi connectivity index (χ4n) is 1.11. The van der Waals surface area contributed by atoms with Gasteiger partial charge in [-0.3, -0.25) is 0 Å². The molecule has 0 radical (unpaired) electrons. The first-order valence-corrected chi connectivity index (χ1v) is 5.62. The molecule has 1 aromatic heterocycles. The summed E-state index contributed by atoms with van der Waals surface area (Å²) in [4.78, 5) is 16.8. The Bertz CT molecular complexity index is 354. The smallest absolute Gasteiger partial charge is 0.323 e. The SMILES string of the molecule is CCN(CC)C(=O)n1cnc(SC(F)F)n1. The molecule has 0 N–H and O–H groups in total. The summed E-state index contributed by atoms with van der Waals surface area (Å²) in [7, 11) is 0. The molecule has 0 atom stereocenters. The molecule has 8 heteroatoms. The zero-order valence-electron chi connectivity index (χ0n) is 8.93. The number of aromatic nitrogens is 3. The number of halogens is 2. The number of thioether (sulfide) groups is 1. The van der Waals surface area contributed by atoms with E-state index >= 15 is 0 Å². The quantitative estimate of drug-likeness (QED) is 0.766. The minimum absolute atomic E-state index is 0.101. The molecule has 1 rings (SSSR count). The Labute approximate surface area is 95.8 Å². The predicted octanol–water partition coefficient (Wildman–Crippen LogP) is 1.90. The Balaban J connectivity index is 2.73. The van der Waals surface area contributed by atoms with E-state index in [2.05, 4.69) is 10.1 Å². The number of hydrogen-bond donors (Lipinski definition) is 0. The maximum absolute atomic E-state index is 12.0. The summed E-state index contributed by atoms with van der Waals surface area (Å²) in [6.45, 7) is 4.72. The highest BCUT2D eigenvalue weighted by molar-refractivity contribution is 7.99. The van der Waals surface area contributed by atoms with Gasteiger partial charge in [0.1, 0.15) is 6.33 Å². The van der Waals surface area contributed by atoms with E-state index in [1.165, 1.54) is 4.90 Å². The second kappa shape index (κ2) is 5.78. The number of carbonyl (C=O) groups excluding carboxylic acids is 1. The number of nitrogens with zero attached hydrogens (tertiary/aromatic N) is 4. The fraction of sp³-hybridized carbons (Fsp3) is 0.625. The minimum atomic E-state index is -2.58. The predicted molar refractivity (Wildman–Crippen MR) is 55.6 cm³/mol. The average Bonchev–Trinajstić information content (AvgIpc) is 2.67. The molecule has 0 saturated carbocycles. The van der Waals surface area contributed by atoms with Crippen LogP contribution in [-0.2, 0) is 0 Å². The highest BCUT2D eigenvalue weighted by Gasteiger charge is 2.16. The Morgan fingerprint density at radius 1 is 1.56 bits per heavy atom. The van der Waals surface area contributed by atoms with E-state index in [-0.39, 0.29) is 22.9 Å². The third-order valence-electron chi connectivity index (χ3n) is 1.90. The summed E-state index contributed by atoms with van der Waals surface area (Å²) in [5, 5.41) is 3.56. The molecular weight excluding hydrogens is 238 g/mol. The molecule has 90 valence electrons. The van der Waals surface area contributed by atoms with Gasteiger partial charge in [0.25, 0.3) is 5.76 Å². The second-order valence-electron chi connectivity index (χ2n) is 2.81. The van der Waals surface area contributed by atoms with Crippen LogP contribution in [0.3, 0.4) is 0 Å². The molecule has 16 heavy (non-hydrogen) atoms. The second-order valence-corrected chi connectivity index (χ2v) is 3.76. The average molecular weight is 250 g/mol. The number of carbonyl (C=O) groups is 1. The van der Waals surface area contributed by atoms with Gasteiger partial charge in [0.2, 0.25) is 5.16 Å². The van der Waals surface area contributed by atoms with Gasteiger partial charge in [0.15, 0.2) is 0 Å². The lowest BCUT2D eigenvalue weighted by Crippen LogP contribution is -2.34. The van der Waals surface area contributed by atoms with Crippen molar-refractivity contribution in [2.75, 3.05) is 13.1 Å². The van der Waals surface area contributed by atoms with Crippen molar-refractivity contribution in [3.05, 3.63) is 6.33 Å².